The van der Waals surface area contributed by atoms with Gasteiger partial charge in [-0.1, -0.05) is 6.92 Å². The van der Waals surface area contributed by atoms with Crippen molar-refractivity contribution in [2.45, 2.75) is 19.9 Å². The number of nitrogens with one attached hydrogen (secondary N) is 2. The van der Waals surface area contributed by atoms with E-state index in [0.29, 0.717) is 5.56 Å². The van der Waals surface area contributed by atoms with Crippen molar-refractivity contribution in [1.29, 1.82) is 0 Å². The van der Waals surface area contributed by atoms with Crippen molar-refractivity contribution < 1.29 is 14.7 Å². The maximum atomic E-state index is 10.5. The van der Waals surface area contributed by atoms with E-state index in [2.05, 4.69) is 96.5 Å². The summed E-state index contributed by atoms with van der Waals surface area (Å²) in [5.41, 5.74) is 3.60. The number of carbonyl (C=O) groups is 2. The Hall–Kier alpha value is -2.72. The molecule has 4 aliphatic rings. The lowest BCUT2D eigenvalue weighted by molar-refractivity contribution is -0.194. The van der Waals surface area contributed by atoms with Crippen LogP contribution in [-0.4, -0.2) is 116 Å². The van der Waals surface area contributed by atoms with Crippen LogP contribution in [0, 0.1) is 0 Å². The van der Waals surface area contributed by atoms with Gasteiger partial charge in [-0.2, -0.15) is 0 Å². The monoisotopic (exact) mass is 691 g/mol. The van der Waals surface area contributed by atoms with E-state index in [1.807, 2.05) is 12.3 Å². The number of hydrogen-bond acceptors (Lipinski definition) is 9. The van der Waals surface area contributed by atoms with Gasteiger partial charge < -0.3 is 20.0 Å². The standard InChI is InChI=1S/C10H12BrN3.C8H5BrN2O.C6H12N4.C3H6O2/c1-14(2)6-7-4-12-10-9(7)3-8(11)5-13-10;9-6-1-7-5(4-12)2-10-8(7)11-3-6;1-7-2-9-4-8(1)5-10(3-7)6-9;1-2-3(4)5/h3-5H,6H2,1-2H3,(H,12,13);1-4H,(H,10,11);1-6H2;2H2,1H3,(H,4,5). The van der Waals surface area contributed by atoms with E-state index in [1.165, 1.54) is 51.0 Å². The zero-order chi connectivity index (χ0) is 29.5. The summed E-state index contributed by atoms with van der Waals surface area (Å²) >= 11 is 6.72. The Morgan fingerprint density at radius 2 is 1.34 bits per heavy atom. The Balaban J connectivity index is 0.000000132. The smallest absolute Gasteiger partial charge is 0.303 e. The number of rotatable bonds is 4. The molecular formula is C27H35Br2N9O3. The minimum Gasteiger partial charge on any atom is -0.481 e. The fraction of sp³-hybridized carbons (Fsp3) is 0.407. The number of carbonyl (C=O) groups excluding carboxylic acids is 1. The molecule has 220 valence electrons. The van der Waals surface area contributed by atoms with Gasteiger partial charge in [-0.15, -0.1) is 0 Å². The Morgan fingerprint density at radius 3 is 1.78 bits per heavy atom. The van der Waals surface area contributed by atoms with E-state index in [4.69, 9.17) is 5.11 Å². The lowest BCUT2D eigenvalue weighted by Crippen LogP contribution is -2.71. The van der Waals surface area contributed by atoms with Gasteiger partial charge in [0.1, 0.15) is 11.3 Å². The molecular weight excluding hydrogens is 658 g/mol. The topological polar surface area (TPSA) is 128 Å². The molecule has 0 spiro atoms. The first kappa shape index (κ1) is 31.2. The highest BCUT2D eigenvalue weighted by molar-refractivity contribution is 9.10. The number of fused-ring (bicyclic) bond motifs is 2. The second-order valence-corrected chi connectivity index (χ2v) is 12.1. The fourth-order valence-corrected chi connectivity index (χ4v) is 5.50. The van der Waals surface area contributed by atoms with Gasteiger partial charge in [0.2, 0.25) is 0 Å². The molecule has 3 N–H and O–H groups in total. The number of nitrogens with zero attached hydrogens (tertiary/aromatic N) is 7. The van der Waals surface area contributed by atoms with Gasteiger partial charge in [0, 0.05) is 63.0 Å². The summed E-state index contributed by atoms with van der Waals surface area (Å²) in [4.78, 5) is 46.4. The van der Waals surface area contributed by atoms with E-state index in [1.54, 1.807) is 25.5 Å². The summed E-state index contributed by atoms with van der Waals surface area (Å²) in [7, 11) is 4.12. The Kier molecular flexibility index (Phi) is 11.0. The highest BCUT2D eigenvalue weighted by atomic mass is 79.9. The van der Waals surface area contributed by atoms with Crippen molar-refractivity contribution in [3.05, 3.63) is 57.0 Å². The SMILES string of the molecule is C1N2CN3CN1CN(C2)C3.CCC(=O)O.CN(C)Cc1c[nH]c2ncc(Br)cc12.O=Cc1c[nH]c2ncc(Br)cc12. The highest BCUT2D eigenvalue weighted by Crippen LogP contribution is 2.22. The van der Waals surface area contributed by atoms with Crippen molar-refractivity contribution in [3.8, 4) is 0 Å². The summed E-state index contributed by atoms with van der Waals surface area (Å²) in [6.45, 7) is 9.65. The molecule has 0 atom stereocenters. The number of aliphatic carboxylic acids is 1. The summed E-state index contributed by atoms with van der Waals surface area (Å²) in [6, 6.07) is 3.96. The van der Waals surface area contributed by atoms with Crippen LogP contribution < -0.4 is 0 Å². The van der Waals surface area contributed by atoms with Gasteiger partial charge in [0.15, 0.2) is 6.29 Å². The minimum absolute atomic E-state index is 0.222. The molecule has 0 unspecified atom stereocenters. The summed E-state index contributed by atoms with van der Waals surface area (Å²) < 4.78 is 1.89. The molecule has 8 heterocycles. The van der Waals surface area contributed by atoms with Gasteiger partial charge in [-0.25, -0.2) is 9.97 Å². The molecule has 8 rings (SSSR count). The number of halogens is 2. The first-order chi connectivity index (χ1) is 19.6. The molecule has 0 aliphatic carbocycles. The van der Waals surface area contributed by atoms with Crippen LogP contribution >= 0.6 is 31.9 Å². The van der Waals surface area contributed by atoms with Gasteiger partial charge >= 0.3 is 5.97 Å². The maximum absolute atomic E-state index is 10.5. The number of H-pyrrole nitrogens is 2. The van der Waals surface area contributed by atoms with Crippen molar-refractivity contribution in [2.75, 3.05) is 54.1 Å². The molecule has 0 aromatic carbocycles. The number of pyridine rings is 2. The largest absolute Gasteiger partial charge is 0.481 e. The van der Waals surface area contributed by atoms with Crippen molar-refractivity contribution >= 4 is 66.2 Å². The second kappa shape index (κ2) is 14.4. The van der Waals surface area contributed by atoms with Gasteiger partial charge in [-0.05, 0) is 63.7 Å². The maximum Gasteiger partial charge on any atom is 0.303 e. The van der Waals surface area contributed by atoms with Crippen LogP contribution in [-0.2, 0) is 11.3 Å². The van der Waals surface area contributed by atoms with Crippen molar-refractivity contribution in [2.24, 2.45) is 0 Å². The number of carboxylic acids is 1. The van der Waals surface area contributed by atoms with Crippen LogP contribution in [0.5, 0.6) is 0 Å². The first-order valence-electron chi connectivity index (χ1n) is 13.1. The van der Waals surface area contributed by atoms with Crippen LogP contribution in [0.1, 0.15) is 29.3 Å². The van der Waals surface area contributed by atoms with Crippen LogP contribution in [0.25, 0.3) is 22.1 Å². The van der Waals surface area contributed by atoms with E-state index >= 15 is 0 Å². The number of aromatic nitrogens is 4. The Bertz CT molecular complexity index is 1420. The van der Waals surface area contributed by atoms with E-state index in [0.717, 1.165) is 38.5 Å². The predicted octanol–water partition coefficient (Wildman–Crippen LogP) is 3.99. The Morgan fingerprint density at radius 1 is 0.902 bits per heavy atom. The molecule has 4 fully saturated rings. The summed E-state index contributed by atoms with van der Waals surface area (Å²) in [5, 5.41) is 9.76. The van der Waals surface area contributed by atoms with Crippen molar-refractivity contribution in [1.82, 2.24) is 44.4 Å². The molecule has 14 heteroatoms. The van der Waals surface area contributed by atoms with E-state index in [9.17, 15) is 9.59 Å². The minimum atomic E-state index is -0.745. The van der Waals surface area contributed by atoms with E-state index < -0.39 is 5.97 Å². The molecule has 4 aromatic heterocycles. The highest BCUT2D eigenvalue weighted by Gasteiger charge is 2.36. The van der Waals surface area contributed by atoms with Crippen LogP contribution in [0.2, 0.25) is 0 Å². The predicted molar refractivity (Wildman–Crippen MR) is 165 cm³/mol. The molecule has 4 aliphatic heterocycles. The van der Waals surface area contributed by atoms with Gasteiger partial charge in [0.25, 0.3) is 0 Å². The Labute approximate surface area is 255 Å². The number of aromatic amines is 2. The average molecular weight is 693 g/mol. The van der Waals surface area contributed by atoms with Crippen LogP contribution in [0.15, 0.2) is 45.9 Å². The lowest BCUT2D eigenvalue weighted by atomic mass is 10.2. The molecule has 4 saturated heterocycles. The molecule has 4 aromatic rings. The average Bonchev–Trinajstić information content (AvgIpc) is 3.51. The number of aldehydes is 1. The number of hydrogen-bond donors (Lipinski definition) is 3. The molecule has 41 heavy (non-hydrogen) atoms. The molecule has 0 radical (unpaired) electrons. The van der Waals surface area contributed by atoms with E-state index in [-0.39, 0.29) is 6.42 Å². The third-order valence-corrected chi connectivity index (χ3v) is 7.30. The number of carboxylic acid groups (broad SMARTS) is 1. The molecule has 12 nitrogen and oxygen atoms in total. The zero-order valence-corrected chi connectivity index (χ0v) is 26.5. The third kappa shape index (κ3) is 8.64. The fourth-order valence-electron chi connectivity index (χ4n) is 4.83. The van der Waals surface area contributed by atoms with Gasteiger partial charge in [-0.3, -0.25) is 29.2 Å². The summed E-state index contributed by atoms with van der Waals surface area (Å²) in [5.74, 6) is -0.745. The van der Waals surface area contributed by atoms with Gasteiger partial charge in [0.05, 0.1) is 40.0 Å². The first-order valence-corrected chi connectivity index (χ1v) is 14.7. The molecule has 0 amide bonds. The second-order valence-electron chi connectivity index (χ2n) is 10.3. The third-order valence-electron chi connectivity index (χ3n) is 6.43. The van der Waals surface area contributed by atoms with Crippen molar-refractivity contribution in [3.63, 3.8) is 0 Å². The normalized spacial score (nSPS) is 21.9. The molecule has 0 saturated carbocycles. The quantitative estimate of drug-likeness (QED) is 0.270. The lowest BCUT2D eigenvalue weighted by Gasteiger charge is -2.56. The van der Waals surface area contributed by atoms with Crippen LogP contribution in [0.4, 0.5) is 0 Å². The summed E-state index contributed by atoms with van der Waals surface area (Å²) in [6.07, 6.45) is 8.19. The molecule has 4 bridgehead atoms. The zero-order valence-electron chi connectivity index (χ0n) is 23.3. The van der Waals surface area contributed by atoms with Crippen LogP contribution in [0.3, 0.4) is 0 Å².